The van der Waals surface area contributed by atoms with E-state index in [1.807, 2.05) is 27.7 Å². The highest BCUT2D eigenvalue weighted by molar-refractivity contribution is 7.84. The van der Waals surface area contributed by atoms with E-state index in [1.54, 1.807) is 14.2 Å². The van der Waals surface area contributed by atoms with Crippen LogP contribution in [-0.4, -0.2) is 47.7 Å². The summed E-state index contributed by atoms with van der Waals surface area (Å²) in [6, 6.07) is 0. The van der Waals surface area contributed by atoms with Crippen LogP contribution in [0, 0.1) is 0 Å². The van der Waals surface area contributed by atoms with E-state index in [0.29, 0.717) is 19.6 Å². The van der Waals surface area contributed by atoms with Gasteiger partial charge < -0.3 is 14.2 Å². The molecular formula is C12H25NO4S. The molecule has 0 bridgehead atoms. The smallest absolute Gasteiger partial charge is 0.190 e. The first kappa shape index (κ1) is 16.0. The van der Waals surface area contributed by atoms with Gasteiger partial charge in [-0.25, -0.2) is 8.93 Å². The largest absolute Gasteiger partial charge is 0.379 e. The van der Waals surface area contributed by atoms with Crippen LogP contribution in [0.3, 0.4) is 0 Å². The lowest BCUT2D eigenvalue weighted by Gasteiger charge is -2.49. The van der Waals surface area contributed by atoms with Gasteiger partial charge >= 0.3 is 0 Å². The maximum absolute atomic E-state index is 12.3. The molecule has 2 atom stereocenters. The van der Waals surface area contributed by atoms with Gasteiger partial charge in [0.05, 0.1) is 28.9 Å². The zero-order valence-corrected chi connectivity index (χ0v) is 13.0. The van der Waals surface area contributed by atoms with E-state index in [-0.39, 0.29) is 4.75 Å². The summed E-state index contributed by atoms with van der Waals surface area (Å²) in [5.41, 5.74) is -0.646. The Morgan fingerprint density at radius 2 is 1.83 bits per heavy atom. The molecule has 1 aliphatic rings. The van der Waals surface area contributed by atoms with Gasteiger partial charge in [0, 0.05) is 20.6 Å². The average molecular weight is 279 g/mol. The molecule has 0 saturated carbocycles. The quantitative estimate of drug-likeness (QED) is 0.786. The van der Waals surface area contributed by atoms with Gasteiger partial charge in [-0.15, -0.1) is 0 Å². The standard InChI is InChI=1S/C12H25NO4S/c1-10(2,3)18(14)13-11(4)9-17-8-7-12(11,15-5)16-6/h13H,7-9H2,1-6H3. The van der Waals surface area contributed by atoms with E-state index < -0.39 is 22.3 Å². The van der Waals surface area contributed by atoms with Crippen LogP contribution in [0.5, 0.6) is 0 Å². The fourth-order valence-electron chi connectivity index (χ4n) is 2.07. The van der Waals surface area contributed by atoms with Gasteiger partial charge in [-0.2, -0.15) is 0 Å². The molecule has 108 valence electrons. The van der Waals surface area contributed by atoms with Gasteiger partial charge in [-0.3, -0.25) is 0 Å². The molecule has 0 radical (unpaired) electrons. The fourth-order valence-corrected chi connectivity index (χ4v) is 3.00. The van der Waals surface area contributed by atoms with Crippen molar-refractivity contribution in [3.63, 3.8) is 0 Å². The molecule has 18 heavy (non-hydrogen) atoms. The lowest BCUT2D eigenvalue weighted by Crippen LogP contribution is -2.69. The summed E-state index contributed by atoms with van der Waals surface area (Å²) >= 11 is 0. The van der Waals surface area contributed by atoms with Crippen LogP contribution < -0.4 is 4.72 Å². The molecule has 1 fully saturated rings. The molecule has 1 saturated heterocycles. The molecule has 6 heteroatoms. The monoisotopic (exact) mass is 279 g/mol. The highest BCUT2D eigenvalue weighted by atomic mass is 32.2. The SMILES string of the molecule is COC1(OC)CCOCC1(C)NS(=O)C(C)(C)C. The average Bonchev–Trinajstić information content (AvgIpc) is 2.28. The normalized spacial score (nSPS) is 30.1. The van der Waals surface area contributed by atoms with Crippen LogP contribution in [-0.2, 0) is 25.2 Å². The van der Waals surface area contributed by atoms with Crippen molar-refractivity contribution >= 4 is 11.0 Å². The van der Waals surface area contributed by atoms with Crippen molar-refractivity contribution < 1.29 is 18.4 Å². The molecule has 0 aromatic heterocycles. The second-order valence-electron chi connectivity index (χ2n) is 5.78. The lowest BCUT2D eigenvalue weighted by atomic mass is 9.88. The first-order valence-electron chi connectivity index (χ1n) is 6.08. The summed E-state index contributed by atoms with van der Waals surface area (Å²) in [7, 11) is 2.00. The van der Waals surface area contributed by atoms with E-state index in [0.717, 1.165) is 0 Å². The van der Waals surface area contributed by atoms with Gasteiger partial charge in [-0.05, 0) is 27.7 Å². The summed E-state index contributed by atoms with van der Waals surface area (Å²) in [6.07, 6.45) is 0.602. The molecule has 1 aliphatic heterocycles. The summed E-state index contributed by atoms with van der Waals surface area (Å²) in [5.74, 6) is -0.813. The summed E-state index contributed by atoms with van der Waals surface area (Å²) in [5, 5.41) is 0. The van der Waals surface area contributed by atoms with Crippen molar-refractivity contribution in [3.05, 3.63) is 0 Å². The lowest BCUT2D eigenvalue weighted by molar-refractivity contribution is -0.283. The van der Waals surface area contributed by atoms with Crippen molar-refractivity contribution in [1.82, 2.24) is 4.72 Å². The molecule has 5 nitrogen and oxygen atoms in total. The van der Waals surface area contributed by atoms with Crippen LogP contribution >= 0.6 is 0 Å². The molecule has 0 aromatic carbocycles. The number of hydrogen-bond acceptors (Lipinski definition) is 4. The Morgan fingerprint density at radius 3 is 2.28 bits per heavy atom. The minimum absolute atomic E-state index is 0.353. The third-order valence-corrected chi connectivity index (χ3v) is 5.09. The van der Waals surface area contributed by atoms with Crippen LogP contribution in [0.15, 0.2) is 0 Å². The zero-order valence-electron chi connectivity index (χ0n) is 12.2. The summed E-state index contributed by atoms with van der Waals surface area (Å²) in [6.45, 7) is 8.65. The maximum Gasteiger partial charge on any atom is 0.190 e. The molecule has 1 heterocycles. The predicted octanol–water partition coefficient (Wildman–Crippen LogP) is 1.21. The molecule has 1 N–H and O–H groups in total. The highest BCUT2D eigenvalue weighted by Gasteiger charge is 2.53. The predicted molar refractivity (Wildman–Crippen MR) is 71.6 cm³/mol. The molecule has 2 unspecified atom stereocenters. The Hall–Kier alpha value is -0.0100. The number of hydrogen-bond donors (Lipinski definition) is 1. The molecule has 1 rings (SSSR count). The van der Waals surface area contributed by atoms with Gasteiger partial charge in [0.2, 0.25) is 0 Å². The van der Waals surface area contributed by atoms with E-state index >= 15 is 0 Å². The van der Waals surface area contributed by atoms with Gasteiger partial charge in [0.25, 0.3) is 0 Å². The van der Waals surface area contributed by atoms with Crippen LogP contribution in [0.25, 0.3) is 0 Å². The Labute approximate surface area is 112 Å². The third-order valence-electron chi connectivity index (χ3n) is 3.34. The van der Waals surface area contributed by atoms with E-state index in [9.17, 15) is 4.21 Å². The Morgan fingerprint density at radius 1 is 1.28 bits per heavy atom. The topological polar surface area (TPSA) is 56.8 Å². The molecule has 0 amide bonds. The first-order valence-corrected chi connectivity index (χ1v) is 7.23. The Bertz CT molecular complexity index is 312. The highest BCUT2D eigenvalue weighted by Crippen LogP contribution is 2.35. The number of ether oxygens (including phenoxy) is 3. The second kappa shape index (κ2) is 5.54. The Kier molecular flexibility index (Phi) is 4.94. The van der Waals surface area contributed by atoms with Crippen LogP contribution in [0.1, 0.15) is 34.1 Å². The van der Waals surface area contributed by atoms with Gasteiger partial charge in [0.1, 0.15) is 5.54 Å². The fraction of sp³-hybridized carbons (Fsp3) is 1.00. The minimum Gasteiger partial charge on any atom is -0.379 e. The van der Waals surface area contributed by atoms with Crippen LogP contribution in [0.2, 0.25) is 0 Å². The first-order chi connectivity index (χ1) is 8.21. The summed E-state index contributed by atoms with van der Waals surface area (Å²) in [4.78, 5) is 0. The molecule has 0 aliphatic carbocycles. The number of rotatable bonds is 4. The van der Waals surface area contributed by atoms with Crippen molar-refractivity contribution in [2.24, 2.45) is 0 Å². The summed E-state index contributed by atoms with van der Waals surface area (Å²) < 4.78 is 31.7. The third kappa shape index (κ3) is 2.93. The molecular weight excluding hydrogens is 254 g/mol. The van der Waals surface area contributed by atoms with E-state index in [1.165, 1.54) is 0 Å². The molecule has 0 spiro atoms. The van der Waals surface area contributed by atoms with Crippen molar-refractivity contribution in [2.45, 2.75) is 50.2 Å². The maximum atomic E-state index is 12.3. The Balaban J connectivity index is 2.96. The second-order valence-corrected chi connectivity index (χ2v) is 7.75. The minimum atomic E-state index is -1.21. The van der Waals surface area contributed by atoms with E-state index in [2.05, 4.69) is 4.72 Å². The molecule has 0 aromatic rings. The number of methoxy groups -OCH3 is 2. The van der Waals surface area contributed by atoms with Crippen molar-refractivity contribution in [3.8, 4) is 0 Å². The van der Waals surface area contributed by atoms with E-state index in [4.69, 9.17) is 14.2 Å². The van der Waals surface area contributed by atoms with Crippen molar-refractivity contribution in [1.29, 1.82) is 0 Å². The van der Waals surface area contributed by atoms with Crippen LogP contribution in [0.4, 0.5) is 0 Å². The number of nitrogens with one attached hydrogen (secondary N) is 1. The zero-order chi connectivity index (χ0) is 14.0. The van der Waals surface area contributed by atoms with Gasteiger partial charge in [0.15, 0.2) is 5.79 Å². The van der Waals surface area contributed by atoms with Crippen molar-refractivity contribution in [2.75, 3.05) is 27.4 Å². The van der Waals surface area contributed by atoms with Gasteiger partial charge in [-0.1, -0.05) is 0 Å².